The number of carboxylic acid groups (broad SMARTS) is 1. The summed E-state index contributed by atoms with van der Waals surface area (Å²) in [6.07, 6.45) is 1.48. The monoisotopic (exact) mass is 204 g/mol. The van der Waals surface area contributed by atoms with E-state index in [1.807, 2.05) is 0 Å². The average molecular weight is 204 g/mol. The summed E-state index contributed by atoms with van der Waals surface area (Å²) < 4.78 is 0. The summed E-state index contributed by atoms with van der Waals surface area (Å²) in [6.45, 7) is 0. The number of aliphatic carboxylic acids is 1. The topological polar surface area (TPSA) is 83.3 Å². The molecule has 1 aromatic rings. The highest BCUT2D eigenvalue weighted by molar-refractivity contribution is 5.94. The summed E-state index contributed by atoms with van der Waals surface area (Å²) in [5.74, 6) is -1.28. The fourth-order valence-electron chi connectivity index (χ4n) is 1.65. The van der Waals surface area contributed by atoms with Crippen molar-refractivity contribution in [3.05, 3.63) is 45.0 Å². The molecule has 0 unspecified atom stereocenters. The number of fused-ring (bicyclic) bond motifs is 1. The van der Waals surface area contributed by atoms with E-state index >= 15 is 0 Å². The van der Waals surface area contributed by atoms with Gasteiger partial charge in [0.25, 0.3) is 5.69 Å². The molecule has 0 saturated heterocycles. The molecule has 0 fully saturated rings. The van der Waals surface area contributed by atoms with Gasteiger partial charge in [0.15, 0.2) is 0 Å². The van der Waals surface area contributed by atoms with E-state index in [0.29, 0.717) is 11.1 Å². The predicted molar refractivity (Wildman–Crippen MR) is 49.8 cm³/mol. The van der Waals surface area contributed by atoms with Gasteiger partial charge in [0.2, 0.25) is 0 Å². The van der Waals surface area contributed by atoms with Crippen LogP contribution in [0.1, 0.15) is 11.1 Å². The number of carbonyl (C=O) groups excluding carboxylic acids is 1. The van der Waals surface area contributed by atoms with E-state index in [1.165, 1.54) is 18.2 Å². The van der Waals surface area contributed by atoms with E-state index in [1.54, 1.807) is 6.07 Å². The van der Waals surface area contributed by atoms with Gasteiger partial charge in [-0.2, -0.15) is 0 Å². The number of carbonyl (C=O) groups is 1. The Labute approximate surface area is 84.8 Å². The minimum absolute atomic E-state index is 0.0417. The van der Waals surface area contributed by atoms with E-state index in [-0.39, 0.29) is 17.7 Å². The molecule has 0 atom stereocenters. The molecule has 15 heavy (non-hydrogen) atoms. The first-order valence-corrected chi connectivity index (χ1v) is 4.28. The van der Waals surface area contributed by atoms with Crippen molar-refractivity contribution in [2.24, 2.45) is 0 Å². The quantitative estimate of drug-likeness (QED) is 0.511. The van der Waals surface area contributed by atoms with Crippen LogP contribution in [0, 0.1) is 10.1 Å². The van der Waals surface area contributed by atoms with Crippen LogP contribution in [0.3, 0.4) is 0 Å². The van der Waals surface area contributed by atoms with Gasteiger partial charge < -0.3 is 9.90 Å². The van der Waals surface area contributed by atoms with Gasteiger partial charge in [-0.25, -0.2) is 0 Å². The van der Waals surface area contributed by atoms with E-state index in [9.17, 15) is 20.0 Å². The summed E-state index contributed by atoms with van der Waals surface area (Å²) in [5, 5.41) is 21.3. The summed E-state index contributed by atoms with van der Waals surface area (Å²) in [4.78, 5) is 20.7. The smallest absolute Gasteiger partial charge is 0.273 e. The lowest BCUT2D eigenvalue weighted by Gasteiger charge is -2.02. The first-order valence-electron chi connectivity index (χ1n) is 4.28. The molecular formula is C10H6NO4-. The zero-order valence-corrected chi connectivity index (χ0v) is 7.60. The molecule has 0 aromatic heterocycles. The number of nitro groups is 1. The molecule has 5 heteroatoms. The van der Waals surface area contributed by atoms with E-state index < -0.39 is 10.9 Å². The van der Waals surface area contributed by atoms with Crippen LogP contribution in [-0.4, -0.2) is 10.9 Å². The average Bonchev–Trinajstić information content (AvgIpc) is 2.60. The minimum Gasteiger partial charge on any atom is -0.545 e. The molecule has 1 aromatic carbocycles. The molecule has 76 valence electrons. The first kappa shape index (κ1) is 9.39. The van der Waals surface area contributed by atoms with Crippen molar-refractivity contribution in [2.45, 2.75) is 6.42 Å². The zero-order valence-electron chi connectivity index (χ0n) is 7.60. The largest absolute Gasteiger partial charge is 0.545 e. The second kappa shape index (κ2) is 3.20. The van der Waals surface area contributed by atoms with Crippen molar-refractivity contribution in [3.8, 4) is 0 Å². The zero-order chi connectivity index (χ0) is 11.0. The van der Waals surface area contributed by atoms with Crippen LogP contribution in [0.25, 0.3) is 6.08 Å². The van der Waals surface area contributed by atoms with E-state index in [0.717, 1.165) is 0 Å². The highest BCUT2D eigenvalue weighted by Crippen LogP contribution is 2.31. The highest BCUT2D eigenvalue weighted by Gasteiger charge is 2.22. The van der Waals surface area contributed by atoms with Crippen LogP contribution in [0.2, 0.25) is 0 Å². The Morgan fingerprint density at radius 1 is 1.40 bits per heavy atom. The molecule has 1 aliphatic rings. The van der Waals surface area contributed by atoms with Crippen molar-refractivity contribution < 1.29 is 14.8 Å². The molecule has 5 nitrogen and oxygen atoms in total. The third-order valence-electron chi connectivity index (χ3n) is 2.34. The molecule has 0 amide bonds. The third kappa shape index (κ3) is 1.48. The van der Waals surface area contributed by atoms with Gasteiger partial charge in [-0.1, -0.05) is 12.1 Å². The molecule has 0 aliphatic heterocycles. The lowest BCUT2D eigenvalue weighted by atomic mass is 10.1. The Morgan fingerprint density at radius 3 is 2.73 bits per heavy atom. The van der Waals surface area contributed by atoms with Crippen molar-refractivity contribution in [1.82, 2.24) is 0 Å². The Bertz CT molecular complexity index is 490. The number of hydrogen-bond acceptors (Lipinski definition) is 4. The first-order chi connectivity index (χ1) is 7.09. The number of carboxylic acids is 1. The predicted octanol–water partition coefficient (Wildman–Crippen LogP) is 0.284. The summed E-state index contributed by atoms with van der Waals surface area (Å²) >= 11 is 0. The molecule has 0 bridgehead atoms. The van der Waals surface area contributed by atoms with Crippen LogP contribution in [0.4, 0.5) is 5.69 Å². The molecule has 0 radical (unpaired) electrons. The van der Waals surface area contributed by atoms with Crippen LogP contribution in [0.15, 0.2) is 23.8 Å². The van der Waals surface area contributed by atoms with E-state index in [4.69, 9.17) is 0 Å². The Morgan fingerprint density at radius 2 is 2.13 bits per heavy atom. The molecule has 0 saturated carbocycles. The third-order valence-corrected chi connectivity index (χ3v) is 2.34. The van der Waals surface area contributed by atoms with Gasteiger partial charge in [-0.05, 0) is 17.2 Å². The SMILES string of the molecule is O=C([O-])C1=Cc2cccc([N+](=O)[O-])c2C1. The fraction of sp³-hybridized carbons (Fsp3) is 0.100. The van der Waals surface area contributed by atoms with Gasteiger partial charge in [-0.15, -0.1) is 0 Å². The van der Waals surface area contributed by atoms with Gasteiger partial charge in [-0.3, -0.25) is 10.1 Å². The van der Waals surface area contributed by atoms with Gasteiger partial charge in [0.05, 0.1) is 10.9 Å². The van der Waals surface area contributed by atoms with Crippen LogP contribution >= 0.6 is 0 Å². The molecule has 0 heterocycles. The highest BCUT2D eigenvalue weighted by atomic mass is 16.6. The van der Waals surface area contributed by atoms with Gasteiger partial charge in [0, 0.05) is 18.1 Å². The second-order valence-electron chi connectivity index (χ2n) is 3.24. The Kier molecular flexibility index (Phi) is 2.00. The van der Waals surface area contributed by atoms with Gasteiger partial charge >= 0.3 is 0 Å². The molecular weight excluding hydrogens is 198 g/mol. The van der Waals surface area contributed by atoms with Crippen molar-refractivity contribution in [2.75, 3.05) is 0 Å². The standard InChI is InChI=1S/C10H7NO4/c12-10(13)7-4-6-2-1-3-9(11(14)15)8(6)5-7/h1-4H,5H2,(H,12,13)/p-1. The normalized spacial score (nSPS) is 13.2. The summed E-state index contributed by atoms with van der Waals surface area (Å²) in [5.41, 5.74) is 1.07. The lowest BCUT2D eigenvalue weighted by molar-refractivity contribution is -0.385. The maximum Gasteiger partial charge on any atom is 0.273 e. The Hall–Kier alpha value is -2.17. The van der Waals surface area contributed by atoms with Crippen LogP contribution in [0.5, 0.6) is 0 Å². The van der Waals surface area contributed by atoms with Crippen LogP contribution < -0.4 is 5.11 Å². The Balaban J connectivity index is 2.49. The van der Waals surface area contributed by atoms with Crippen LogP contribution in [-0.2, 0) is 11.2 Å². The minimum atomic E-state index is -1.28. The second-order valence-corrected chi connectivity index (χ2v) is 3.24. The van der Waals surface area contributed by atoms with Crippen molar-refractivity contribution in [1.29, 1.82) is 0 Å². The van der Waals surface area contributed by atoms with E-state index in [2.05, 4.69) is 0 Å². The number of rotatable bonds is 2. The van der Waals surface area contributed by atoms with Gasteiger partial charge in [0.1, 0.15) is 0 Å². The molecule has 1 aliphatic carbocycles. The summed E-state index contributed by atoms with van der Waals surface area (Å²) in [6, 6.07) is 4.55. The lowest BCUT2D eigenvalue weighted by Crippen LogP contribution is -2.24. The maximum atomic E-state index is 10.7. The number of nitrogens with zero attached hydrogens (tertiary/aromatic N) is 1. The molecule has 2 rings (SSSR count). The fourth-order valence-corrected chi connectivity index (χ4v) is 1.65. The summed E-state index contributed by atoms with van der Waals surface area (Å²) in [7, 11) is 0. The molecule has 0 spiro atoms. The van der Waals surface area contributed by atoms with Crippen molar-refractivity contribution >= 4 is 17.7 Å². The maximum absolute atomic E-state index is 10.7. The molecule has 0 N–H and O–H groups in total. The number of hydrogen-bond donors (Lipinski definition) is 0. The number of benzene rings is 1. The van der Waals surface area contributed by atoms with Crippen molar-refractivity contribution in [3.63, 3.8) is 0 Å². The number of nitro benzene ring substituents is 1.